The number of hydrogen-bond acceptors (Lipinski definition) is 2. The quantitative estimate of drug-likeness (QED) is 0.418. The molecule has 1 aromatic carbocycles. The van der Waals surface area contributed by atoms with Crippen molar-refractivity contribution in [3.8, 4) is 0 Å². The highest BCUT2D eigenvalue weighted by atomic mass is 79.9. The Bertz CT molecular complexity index is 496. The van der Waals surface area contributed by atoms with Crippen molar-refractivity contribution in [1.82, 2.24) is 0 Å². The molecule has 0 aliphatic rings. The molecule has 15 heavy (non-hydrogen) atoms. The molecule has 0 aliphatic heterocycles. The van der Waals surface area contributed by atoms with E-state index in [1.54, 1.807) is 18.2 Å². The normalized spacial score (nSPS) is 8.60. The fraction of sp³-hybridized carbons (Fsp3) is 0. The molecular weight excluding hydrogens is 260 g/mol. The van der Waals surface area contributed by atoms with E-state index in [1.807, 2.05) is 0 Å². The van der Waals surface area contributed by atoms with Crippen LogP contribution in [0.15, 0.2) is 33.4 Å². The minimum Gasteiger partial charge on any atom is -0.0985 e. The molecule has 0 spiro atoms. The van der Waals surface area contributed by atoms with Gasteiger partial charge in [0.15, 0.2) is 0 Å². The summed E-state index contributed by atoms with van der Waals surface area (Å²) in [6.07, 6.45) is 1.55. The molecule has 0 aliphatic carbocycles. The first-order valence-corrected chi connectivity index (χ1v) is 4.59. The van der Waals surface area contributed by atoms with Gasteiger partial charge in [0.2, 0.25) is 0 Å². The molecule has 0 unspecified atom stereocenters. The van der Waals surface area contributed by atoms with E-state index in [1.165, 1.54) is 0 Å². The van der Waals surface area contributed by atoms with Gasteiger partial charge in [0.1, 0.15) is 0 Å². The van der Waals surface area contributed by atoms with Crippen molar-refractivity contribution in [3.63, 3.8) is 0 Å². The van der Waals surface area contributed by atoms with Gasteiger partial charge in [-0.05, 0) is 32.6 Å². The number of rotatable bonds is 3. The lowest BCUT2D eigenvalue weighted by Crippen LogP contribution is -1.76. The van der Waals surface area contributed by atoms with Crippen LogP contribution < -0.4 is 0 Å². The fourth-order valence-corrected chi connectivity index (χ4v) is 1.53. The summed E-state index contributed by atoms with van der Waals surface area (Å²) in [5.74, 6) is 0. The summed E-state index contributed by atoms with van der Waals surface area (Å²) >= 11 is 3.20. The summed E-state index contributed by atoms with van der Waals surface area (Å²) in [6.45, 7) is 3.58. The number of nitrogens with zero attached hydrogens (tertiary/aromatic N) is 6. The average molecular weight is 265 g/mol. The second kappa shape index (κ2) is 5.07. The van der Waals surface area contributed by atoms with Crippen molar-refractivity contribution >= 4 is 33.4 Å². The molecule has 74 valence electrons. The Hall–Kier alpha value is -1.94. The minimum atomic E-state index is 0.359. The van der Waals surface area contributed by atoms with Crippen LogP contribution in [-0.2, 0) is 0 Å². The maximum absolute atomic E-state index is 8.38. The first-order valence-electron chi connectivity index (χ1n) is 3.79. The highest BCUT2D eigenvalue weighted by Gasteiger charge is 2.06. The van der Waals surface area contributed by atoms with Crippen LogP contribution in [0.3, 0.4) is 0 Å². The Morgan fingerprint density at radius 1 is 1.27 bits per heavy atom. The molecule has 0 heterocycles. The molecule has 0 fully saturated rings. The monoisotopic (exact) mass is 264 g/mol. The predicted molar refractivity (Wildman–Crippen MR) is 61.8 cm³/mol. The Morgan fingerprint density at radius 3 is 2.47 bits per heavy atom. The van der Waals surface area contributed by atoms with Crippen LogP contribution in [0.5, 0.6) is 0 Å². The number of halogens is 1. The van der Waals surface area contributed by atoms with Crippen LogP contribution in [0, 0.1) is 0 Å². The van der Waals surface area contributed by atoms with Gasteiger partial charge in [-0.15, -0.1) is 0 Å². The highest BCUT2D eigenvalue weighted by molar-refractivity contribution is 9.10. The van der Waals surface area contributed by atoms with E-state index in [2.05, 4.69) is 42.6 Å². The molecule has 0 aromatic heterocycles. The van der Waals surface area contributed by atoms with Gasteiger partial charge >= 0.3 is 0 Å². The van der Waals surface area contributed by atoms with Crippen LogP contribution >= 0.6 is 15.9 Å². The lowest BCUT2D eigenvalue weighted by atomic mass is 10.1. The van der Waals surface area contributed by atoms with E-state index in [-0.39, 0.29) is 0 Å². The lowest BCUT2D eigenvalue weighted by Gasteiger charge is -2.04. The van der Waals surface area contributed by atoms with Gasteiger partial charge < -0.3 is 0 Å². The highest BCUT2D eigenvalue weighted by Crippen LogP contribution is 2.38. The summed E-state index contributed by atoms with van der Waals surface area (Å²) in [6, 6.07) is 3.27. The van der Waals surface area contributed by atoms with Gasteiger partial charge in [0, 0.05) is 14.3 Å². The topological polar surface area (TPSA) is 97.5 Å². The first kappa shape index (κ1) is 11.1. The van der Waals surface area contributed by atoms with Gasteiger partial charge in [-0.3, -0.25) is 0 Å². The van der Waals surface area contributed by atoms with Crippen molar-refractivity contribution < 1.29 is 0 Å². The van der Waals surface area contributed by atoms with E-state index in [0.717, 1.165) is 0 Å². The Morgan fingerprint density at radius 2 is 1.93 bits per heavy atom. The summed E-state index contributed by atoms with van der Waals surface area (Å²) in [5, 5.41) is 6.94. The Labute approximate surface area is 93.6 Å². The van der Waals surface area contributed by atoms with Crippen molar-refractivity contribution in [2.24, 2.45) is 10.2 Å². The zero-order valence-electron chi connectivity index (χ0n) is 7.50. The van der Waals surface area contributed by atoms with Crippen LogP contribution in [0.1, 0.15) is 5.56 Å². The van der Waals surface area contributed by atoms with Crippen molar-refractivity contribution in [3.05, 3.63) is 49.6 Å². The second-order valence-electron chi connectivity index (χ2n) is 2.42. The van der Waals surface area contributed by atoms with E-state index in [0.29, 0.717) is 21.4 Å². The van der Waals surface area contributed by atoms with E-state index < -0.39 is 0 Å². The lowest BCUT2D eigenvalue weighted by molar-refractivity contribution is 1.38. The molecule has 6 nitrogen and oxygen atoms in total. The molecule has 0 saturated heterocycles. The molecular formula is C8H5BrN6. The molecule has 0 N–H and O–H groups in total. The summed E-state index contributed by atoms with van der Waals surface area (Å²) in [5.41, 5.74) is 18.1. The summed E-state index contributed by atoms with van der Waals surface area (Å²) in [7, 11) is 0. The molecule has 7 heteroatoms. The van der Waals surface area contributed by atoms with Crippen molar-refractivity contribution in [1.29, 1.82) is 0 Å². The van der Waals surface area contributed by atoms with Gasteiger partial charge in [-0.1, -0.05) is 35.0 Å². The molecule has 0 bridgehead atoms. The number of azide groups is 2. The third-order valence-electron chi connectivity index (χ3n) is 1.64. The Balaban J connectivity index is 3.54. The van der Waals surface area contributed by atoms with E-state index in [9.17, 15) is 0 Å². The van der Waals surface area contributed by atoms with Crippen molar-refractivity contribution in [2.45, 2.75) is 0 Å². The maximum atomic E-state index is 8.38. The van der Waals surface area contributed by atoms with Crippen LogP contribution in [0.25, 0.3) is 27.0 Å². The minimum absolute atomic E-state index is 0.359. The standard InChI is InChI=1S/C8H5BrN6/c1-2-5-3-4-6(12-14-10)7(9)8(5)13-15-11/h2-4H,1H2. The Kier molecular flexibility index (Phi) is 3.76. The van der Waals surface area contributed by atoms with Crippen LogP contribution in [-0.4, -0.2) is 0 Å². The zero-order valence-corrected chi connectivity index (χ0v) is 9.09. The smallest absolute Gasteiger partial charge is 0.0594 e. The van der Waals surface area contributed by atoms with Crippen LogP contribution in [0.4, 0.5) is 11.4 Å². The zero-order chi connectivity index (χ0) is 11.3. The molecule has 0 atom stereocenters. The van der Waals surface area contributed by atoms with Gasteiger partial charge in [-0.25, -0.2) is 0 Å². The second-order valence-corrected chi connectivity index (χ2v) is 3.21. The van der Waals surface area contributed by atoms with E-state index in [4.69, 9.17) is 11.1 Å². The molecule has 0 radical (unpaired) electrons. The predicted octanol–water partition coefficient (Wildman–Crippen LogP) is 4.98. The summed E-state index contributed by atoms with van der Waals surface area (Å²) in [4.78, 5) is 5.35. The molecule has 0 saturated carbocycles. The molecule has 1 aromatic rings. The average Bonchev–Trinajstić information content (AvgIpc) is 2.25. The van der Waals surface area contributed by atoms with Gasteiger partial charge in [-0.2, -0.15) is 0 Å². The molecule has 0 amide bonds. The van der Waals surface area contributed by atoms with Gasteiger partial charge in [0.25, 0.3) is 0 Å². The third kappa shape index (κ3) is 2.30. The van der Waals surface area contributed by atoms with E-state index >= 15 is 0 Å². The van der Waals surface area contributed by atoms with Gasteiger partial charge in [0.05, 0.1) is 11.4 Å². The fourth-order valence-electron chi connectivity index (χ4n) is 1.01. The number of benzene rings is 1. The first-order chi connectivity index (χ1) is 7.24. The third-order valence-corrected chi connectivity index (χ3v) is 2.43. The largest absolute Gasteiger partial charge is 0.0985 e. The number of hydrogen-bond donors (Lipinski definition) is 0. The summed E-state index contributed by atoms with van der Waals surface area (Å²) < 4.78 is 0.454. The molecule has 1 rings (SSSR count). The SMILES string of the molecule is C=Cc1ccc(N=[N+]=[N-])c(Br)c1N=[N+]=[N-]. The van der Waals surface area contributed by atoms with Crippen LogP contribution in [0.2, 0.25) is 0 Å². The van der Waals surface area contributed by atoms with Crippen molar-refractivity contribution in [2.75, 3.05) is 0 Å². The maximum Gasteiger partial charge on any atom is 0.0594 e.